The molecule has 0 aliphatic carbocycles. The first kappa shape index (κ1) is 15.3. The van der Waals surface area contributed by atoms with Crippen molar-refractivity contribution >= 4 is 17.7 Å². The minimum Gasteiger partial charge on any atom is -0.480 e. The summed E-state index contributed by atoms with van der Waals surface area (Å²) in [4.78, 5) is 37.1. The van der Waals surface area contributed by atoms with Crippen molar-refractivity contribution in [1.29, 1.82) is 0 Å². The molecule has 1 fully saturated rings. The largest absolute Gasteiger partial charge is 0.480 e. The molecule has 1 aromatic heterocycles. The minimum absolute atomic E-state index is 0.121. The van der Waals surface area contributed by atoms with Gasteiger partial charge in [0.25, 0.3) is 5.91 Å². The third kappa shape index (κ3) is 2.57. The molecule has 1 N–H and O–H groups in total. The zero-order valence-electron chi connectivity index (χ0n) is 12.5. The Hall–Kier alpha value is -2.11. The van der Waals surface area contributed by atoms with E-state index in [9.17, 15) is 19.5 Å². The summed E-state index contributed by atoms with van der Waals surface area (Å²) in [6.45, 7) is 3.44. The van der Waals surface area contributed by atoms with E-state index in [1.807, 2.05) is 0 Å². The third-order valence-corrected chi connectivity index (χ3v) is 4.23. The quantitative estimate of drug-likeness (QED) is 0.860. The predicted octanol–water partition coefficient (Wildman–Crippen LogP) is 1.70. The number of nitrogens with zero attached hydrogens (tertiary/aromatic N) is 2. The summed E-state index contributed by atoms with van der Waals surface area (Å²) in [5.74, 6) is -1.45. The van der Waals surface area contributed by atoms with E-state index in [1.54, 1.807) is 24.7 Å². The number of Topliss-reactive ketones (excluding diaryl/α,β-unsaturated/α-hetero) is 1. The van der Waals surface area contributed by atoms with Gasteiger partial charge in [0.15, 0.2) is 5.78 Å². The summed E-state index contributed by atoms with van der Waals surface area (Å²) in [6, 6.07) is 1.53. The van der Waals surface area contributed by atoms with E-state index < -0.39 is 11.5 Å². The second-order valence-corrected chi connectivity index (χ2v) is 5.77. The van der Waals surface area contributed by atoms with Crippen molar-refractivity contribution in [3.8, 4) is 0 Å². The molecule has 1 aromatic rings. The number of likely N-dealkylation sites (tertiary alicyclic amines) is 1. The molecule has 114 valence electrons. The van der Waals surface area contributed by atoms with E-state index >= 15 is 0 Å². The van der Waals surface area contributed by atoms with Gasteiger partial charge in [-0.2, -0.15) is 0 Å². The Morgan fingerprint density at radius 1 is 1.29 bits per heavy atom. The van der Waals surface area contributed by atoms with Crippen molar-refractivity contribution < 1.29 is 19.5 Å². The van der Waals surface area contributed by atoms with E-state index in [0.717, 1.165) is 12.8 Å². The van der Waals surface area contributed by atoms with Gasteiger partial charge in [-0.15, -0.1) is 0 Å². The van der Waals surface area contributed by atoms with Crippen molar-refractivity contribution in [1.82, 2.24) is 9.47 Å². The molecule has 2 heterocycles. The average Bonchev–Trinajstić information content (AvgIpc) is 2.80. The third-order valence-electron chi connectivity index (χ3n) is 4.23. The fourth-order valence-corrected chi connectivity index (χ4v) is 2.78. The molecule has 1 aliphatic heterocycles. The molecular formula is C15H20N2O4. The van der Waals surface area contributed by atoms with Crippen LogP contribution in [0.2, 0.25) is 0 Å². The number of aryl methyl sites for hydroxylation is 1. The van der Waals surface area contributed by atoms with Crippen molar-refractivity contribution in [2.24, 2.45) is 7.05 Å². The molecule has 1 amide bonds. The van der Waals surface area contributed by atoms with Gasteiger partial charge >= 0.3 is 5.97 Å². The topological polar surface area (TPSA) is 79.6 Å². The van der Waals surface area contributed by atoms with E-state index in [0.29, 0.717) is 24.2 Å². The van der Waals surface area contributed by atoms with Crippen LogP contribution in [0.5, 0.6) is 0 Å². The summed E-state index contributed by atoms with van der Waals surface area (Å²) >= 11 is 0. The molecule has 0 radical (unpaired) electrons. The highest BCUT2D eigenvalue weighted by molar-refractivity contribution is 6.01. The second-order valence-electron chi connectivity index (χ2n) is 5.77. The van der Waals surface area contributed by atoms with Gasteiger partial charge in [0.05, 0.1) is 0 Å². The molecule has 6 heteroatoms. The van der Waals surface area contributed by atoms with Gasteiger partial charge in [-0.1, -0.05) is 0 Å². The number of carboxylic acids is 1. The molecule has 2 rings (SSSR count). The van der Waals surface area contributed by atoms with Crippen LogP contribution in [0.25, 0.3) is 0 Å². The average molecular weight is 292 g/mol. The number of hydrogen-bond acceptors (Lipinski definition) is 3. The molecule has 6 nitrogen and oxygen atoms in total. The van der Waals surface area contributed by atoms with Crippen LogP contribution in [0.1, 0.15) is 54.0 Å². The van der Waals surface area contributed by atoms with Gasteiger partial charge in [-0.3, -0.25) is 9.59 Å². The Bertz CT molecular complexity index is 605. The van der Waals surface area contributed by atoms with Gasteiger partial charge in [0.1, 0.15) is 11.2 Å². The van der Waals surface area contributed by atoms with Crippen LogP contribution in [-0.2, 0) is 11.8 Å². The maximum absolute atomic E-state index is 12.7. The van der Waals surface area contributed by atoms with Gasteiger partial charge < -0.3 is 14.6 Å². The summed E-state index contributed by atoms with van der Waals surface area (Å²) in [5, 5.41) is 9.47. The van der Waals surface area contributed by atoms with Crippen molar-refractivity contribution in [2.75, 3.05) is 6.54 Å². The molecule has 0 aromatic carbocycles. The maximum atomic E-state index is 12.7. The van der Waals surface area contributed by atoms with Crippen LogP contribution in [0.4, 0.5) is 0 Å². The molecule has 21 heavy (non-hydrogen) atoms. The lowest BCUT2D eigenvalue weighted by molar-refractivity contribution is -0.150. The number of carbonyl (C=O) groups excluding carboxylic acids is 2. The highest BCUT2D eigenvalue weighted by Gasteiger charge is 2.44. The number of carboxylic acid groups (broad SMARTS) is 1. The molecule has 0 bridgehead atoms. The van der Waals surface area contributed by atoms with Crippen LogP contribution in [-0.4, -0.2) is 44.3 Å². The van der Waals surface area contributed by atoms with Crippen molar-refractivity contribution in [3.63, 3.8) is 0 Å². The Balaban J connectivity index is 2.38. The van der Waals surface area contributed by atoms with Crippen LogP contribution in [0.15, 0.2) is 12.3 Å². The predicted molar refractivity (Wildman–Crippen MR) is 76.3 cm³/mol. The molecule has 1 aliphatic rings. The Kier molecular flexibility index (Phi) is 3.89. The lowest BCUT2D eigenvalue weighted by Gasteiger charge is -2.41. The minimum atomic E-state index is -1.18. The lowest BCUT2D eigenvalue weighted by Crippen LogP contribution is -2.57. The number of aromatic nitrogens is 1. The maximum Gasteiger partial charge on any atom is 0.329 e. The fraction of sp³-hybridized carbons (Fsp3) is 0.533. The summed E-state index contributed by atoms with van der Waals surface area (Å²) in [7, 11) is 1.68. The standard InChI is InChI=1S/C15H20N2O4/c1-10(18)11-8-12(16(3)9-11)13(19)17-7-5-4-6-15(17,2)14(20)21/h8-9H,4-7H2,1-3H3,(H,20,21). The van der Waals surface area contributed by atoms with Crippen LogP contribution >= 0.6 is 0 Å². The van der Waals surface area contributed by atoms with Crippen molar-refractivity contribution in [2.45, 2.75) is 38.6 Å². The Morgan fingerprint density at radius 2 is 1.95 bits per heavy atom. The zero-order chi connectivity index (χ0) is 15.8. The van der Waals surface area contributed by atoms with Gasteiger partial charge in [0.2, 0.25) is 0 Å². The molecule has 0 saturated carbocycles. The normalized spacial score (nSPS) is 22.1. The summed E-state index contributed by atoms with van der Waals surface area (Å²) in [5.41, 5.74) is -0.389. The van der Waals surface area contributed by atoms with E-state index in [4.69, 9.17) is 0 Å². The molecule has 1 saturated heterocycles. The lowest BCUT2D eigenvalue weighted by atomic mass is 9.88. The molecule has 1 atom stereocenters. The highest BCUT2D eigenvalue weighted by atomic mass is 16.4. The van der Waals surface area contributed by atoms with Crippen molar-refractivity contribution in [3.05, 3.63) is 23.5 Å². The zero-order valence-corrected chi connectivity index (χ0v) is 12.5. The fourth-order valence-electron chi connectivity index (χ4n) is 2.78. The number of amides is 1. The SMILES string of the molecule is CC(=O)c1cc(C(=O)N2CCCCC2(C)C(=O)O)n(C)c1. The molecular weight excluding hydrogens is 272 g/mol. The Labute approximate surface area is 123 Å². The number of piperidine rings is 1. The number of aliphatic carboxylic acids is 1. The van der Waals surface area contributed by atoms with E-state index in [-0.39, 0.29) is 11.7 Å². The van der Waals surface area contributed by atoms with E-state index in [2.05, 4.69) is 0 Å². The van der Waals surface area contributed by atoms with Gasteiger partial charge in [0, 0.05) is 25.4 Å². The van der Waals surface area contributed by atoms with Gasteiger partial charge in [-0.25, -0.2) is 4.79 Å². The first-order chi connectivity index (χ1) is 9.77. The summed E-state index contributed by atoms with van der Waals surface area (Å²) < 4.78 is 1.58. The molecule has 1 unspecified atom stereocenters. The first-order valence-electron chi connectivity index (χ1n) is 7.00. The number of rotatable bonds is 3. The van der Waals surface area contributed by atoms with Crippen LogP contribution < -0.4 is 0 Å². The van der Waals surface area contributed by atoms with E-state index in [1.165, 1.54) is 17.9 Å². The Morgan fingerprint density at radius 3 is 2.48 bits per heavy atom. The second kappa shape index (κ2) is 5.35. The first-order valence-corrected chi connectivity index (χ1v) is 7.00. The summed E-state index contributed by atoms with van der Waals surface area (Å²) in [6.07, 6.45) is 3.62. The molecule has 0 spiro atoms. The van der Waals surface area contributed by atoms with Crippen LogP contribution in [0, 0.1) is 0 Å². The highest BCUT2D eigenvalue weighted by Crippen LogP contribution is 2.30. The van der Waals surface area contributed by atoms with Crippen LogP contribution in [0.3, 0.4) is 0 Å². The number of hydrogen-bond donors (Lipinski definition) is 1. The van der Waals surface area contributed by atoms with Gasteiger partial charge in [-0.05, 0) is 39.2 Å². The smallest absolute Gasteiger partial charge is 0.329 e. The number of ketones is 1. The number of carbonyl (C=O) groups is 3. The monoisotopic (exact) mass is 292 g/mol.